The molecule has 0 saturated heterocycles. The van der Waals surface area contributed by atoms with Crippen molar-refractivity contribution in [3.8, 4) is 43.3 Å². The molecule has 0 bridgehead atoms. The molecule has 2 nitrogen and oxygen atoms in total. The van der Waals surface area contributed by atoms with Crippen molar-refractivity contribution in [1.29, 1.82) is 0 Å². The zero-order valence-electron chi connectivity index (χ0n) is 20.2. The van der Waals surface area contributed by atoms with Gasteiger partial charge >= 0.3 is 0 Å². The van der Waals surface area contributed by atoms with Crippen molar-refractivity contribution in [2.75, 3.05) is 0 Å². The molecule has 0 aliphatic heterocycles. The molecule has 8 rings (SSSR count). The van der Waals surface area contributed by atoms with Crippen LogP contribution < -0.4 is 0 Å². The Hall–Kier alpha value is -4.38. The average molecular weight is 525 g/mol. The fourth-order valence-corrected chi connectivity index (χ4v) is 7.26. The molecular weight excluding hydrogens is 505 g/mol. The van der Waals surface area contributed by atoms with Gasteiger partial charge in [0.2, 0.25) is 0 Å². The maximum atomic E-state index is 6.45. The first-order valence-electron chi connectivity index (χ1n) is 12.5. The lowest BCUT2D eigenvalue weighted by Gasteiger charge is -2.17. The molecule has 4 aromatic carbocycles. The number of rotatable bonds is 4. The largest absolute Gasteiger partial charge is 0.464 e. The summed E-state index contributed by atoms with van der Waals surface area (Å²) in [5, 5.41) is 5.60. The highest BCUT2D eigenvalue weighted by atomic mass is 32.1. The Morgan fingerprint density at radius 2 is 1.34 bits per heavy atom. The second-order valence-electron chi connectivity index (χ2n) is 9.33. The van der Waals surface area contributed by atoms with Gasteiger partial charge in [-0.15, -0.1) is 22.7 Å². The highest BCUT2D eigenvalue weighted by Gasteiger charge is 2.24. The molecule has 0 aliphatic carbocycles. The Kier molecular flexibility index (Phi) is 4.90. The lowest BCUT2D eigenvalue weighted by atomic mass is 9.88. The number of furan rings is 2. The molecular formula is C34H20O2S2. The predicted octanol–water partition coefficient (Wildman–Crippen LogP) is 11.1. The first-order chi connectivity index (χ1) is 18.8. The van der Waals surface area contributed by atoms with E-state index in [4.69, 9.17) is 8.83 Å². The summed E-state index contributed by atoms with van der Waals surface area (Å²) in [5.41, 5.74) is 7.44. The minimum Gasteiger partial charge on any atom is -0.464 e. The van der Waals surface area contributed by atoms with Gasteiger partial charge in [-0.3, -0.25) is 0 Å². The number of thiophene rings is 2. The number of hydrogen-bond acceptors (Lipinski definition) is 4. The van der Waals surface area contributed by atoms with Gasteiger partial charge in [0, 0.05) is 53.0 Å². The van der Waals surface area contributed by atoms with Gasteiger partial charge in [0.25, 0.3) is 0 Å². The van der Waals surface area contributed by atoms with Crippen LogP contribution in [0.1, 0.15) is 0 Å². The third kappa shape index (κ3) is 3.38. The smallest absolute Gasteiger partial charge is 0.136 e. The van der Waals surface area contributed by atoms with Crippen molar-refractivity contribution in [3.05, 3.63) is 121 Å². The summed E-state index contributed by atoms with van der Waals surface area (Å²) in [5.74, 6) is 0.854. The normalized spacial score (nSPS) is 11.7. The van der Waals surface area contributed by atoms with Gasteiger partial charge < -0.3 is 8.83 Å². The van der Waals surface area contributed by atoms with Crippen molar-refractivity contribution >= 4 is 54.7 Å². The minimum atomic E-state index is 0.854. The second kappa shape index (κ2) is 8.59. The molecule has 180 valence electrons. The van der Waals surface area contributed by atoms with Crippen molar-refractivity contribution in [1.82, 2.24) is 0 Å². The molecule has 4 heterocycles. The Morgan fingerprint density at radius 1 is 0.553 bits per heavy atom. The maximum absolute atomic E-state index is 6.45. The lowest BCUT2D eigenvalue weighted by Crippen LogP contribution is -1.91. The monoisotopic (exact) mass is 524 g/mol. The van der Waals surface area contributed by atoms with E-state index < -0.39 is 0 Å². The van der Waals surface area contributed by atoms with Crippen LogP contribution in [0.15, 0.2) is 130 Å². The van der Waals surface area contributed by atoms with Gasteiger partial charge in [-0.2, -0.15) is 0 Å². The van der Waals surface area contributed by atoms with Crippen molar-refractivity contribution in [2.24, 2.45) is 0 Å². The average Bonchev–Trinajstić information content (AvgIpc) is 3.77. The highest BCUT2D eigenvalue weighted by Crippen LogP contribution is 2.50. The molecule has 0 aliphatic rings. The fraction of sp³-hybridized carbons (Fsp3) is 0. The van der Waals surface area contributed by atoms with Gasteiger partial charge in [-0.25, -0.2) is 0 Å². The predicted molar refractivity (Wildman–Crippen MR) is 161 cm³/mol. The summed E-state index contributed by atoms with van der Waals surface area (Å²) in [6.45, 7) is 0. The van der Waals surface area contributed by atoms with E-state index in [1.807, 2.05) is 47.9 Å². The van der Waals surface area contributed by atoms with Crippen LogP contribution in [0.5, 0.6) is 0 Å². The molecule has 0 atom stereocenters. The van der Waals surface area contributed by atoms with E-state index in [1.165, 1.54) is 31.0 Å². The van der Waals surface area contributed by atoms with E-state index in [-0.39, 0.29) is 0 Å². The summed E-state index contributed by atoms with van der Waals surface area (Å²) >= 11 is 3.60. The van der Waals surface area contributed by atoms with Crippen LogP contribution in [-0.4, -0.2) is 0 Å². The number of para-hydroxylation sites is 2. The topological polar surface area (TPSA) is 26.3 Å². The molecule has 0 amide bonds. The lowest BCUT2D eigenvalue weighted by molar-refractivity contribution is 0.617. The minimum absolute atomic E-state index is 0.854. The van der Waals surface area contributed by atoms with Gasteiger partial charge in [0.05, 0.1) is 6.26 Å². The molecule has 0 fully saturated rings. The van der Waals surface area contributed by atoms with E-state index in [1.54, 1.807) is 11.3 Å². The molecule has 8 aromatic rings. The summed E-state index contributed by atoms with van der Waals surface area (Å²) < 4.78 is 13.8. The van der Waals surface area contributed by atoms with Crippen LogP contribution in [0.2, 0.25) is 0 Å². The summed E-state index contributed by atoms with van der Waals surface area (Å²) in [4.78, 5) is 2.47. The van der Waals surface area contributed by atoms with Crippen molar-refractivity contribution in [3.63, 3.8) is 0 Å². The molecule has 4 heteroatoms. The highest BCUT2D eigenvalue weighted by molar-refractivity contribution is 7.22. The summed E-state index contributed by atoms with van der Waals surface area (Å²) in [6.07, 6.45) is 1.90. The molecule has 0 N–H and O–H groups in total. The van der Waals surface area contributed by atoms with E-state index in [0.717, 1.165) is 44.4 Å². The van der Waals surface area contributed by atoms with Gasteiger partial charge in [0.15, 0.2) is 0 Å². The number of fused-ring (bicyclic) bond motifs is 3. The van der Waals surface area contributed by atoms with Crippen LogP contribution in [-0.2, 0) is 0 Å². The molecule has 4 aromatic heterocycles. The van der Waals surface area contributed by atoms with Crippen LogP contribution in [0, 0.1) is 0 Å². The third-order valence-corrected chi connectivity index (χ3v) is 9.14. The summed E-state index contributed by atoms with van der Waals surface area (Å²) in [7, 11) is 0. The Balaban J connectivity index is 1.50. The Bertz CT molecular complexity index is 2020. The van der Waals surface area contributed by atoms with Crippen LogP contribution in [0.3, 0.4) is 0 Å². The standard InChI is InChI=1S/C34H20O2S2/c1-4-11-27-21(8-1)18-29(36-27)24-15-16-25(32-19-22-9-2-6-13-30(22)38-32)34(31-14-7-17-37-31)33(24)26-20-35-28-12-5-3-10-23(26)28/h1-20H. The Labute approximate surface area is 227 Å². The second-order valence-corrected chi connectivity index (χ2v) is 11.4. The van der Waals surface area contributed by atoms with Crippen molar-refractivity contribution < 1.29 is 8.83 Å². The maximum Gasteiger partial charge on any atom is 0.136 e. The first-order valence-corrected chi connectivity index (χ1v) is 14.2. The van der Waals surface area contributed by atoms with Crippen LogP contribution >= 0.6 is 22.7 Å². The zero-order valence-corrected chi connectivity index (χ0v) is 21.8. The molecule has 0 unspecified atom stereocenters. The van der Waals surface area contributed by atoms with E-state index in [0.29, 0.717) is 0 Å². The molecule has 38 heavy (non-hydrogen) atoms. The van der Waals surface area contributed by atoms with Gasteiger partial charge in [-0.05, 0) is 53.2 Å². The fourth-order valence-electron chi connectivity index (χ4n) is 5.37. The Morgan fingerprint density at radius 3 is 2.18 bits per heavy atom. The van der Waals surface area contributed by atoms with E-state index in [9.17, 15) is 0 Å². The van der Waals surface area contributed by atoms with Gasteiger partial charge in [0.1, 0.15) is 16.9 Å². The van der Waals surface area contributed by atoms with Crippen molar-refractivity contribution in [2.45, 2.75) is 0 Å². The molecule has 0 spiro atoms. The van der Waals surface area contributed by atoms with Crippen LogP contribution in [0.4, 0.5) is 0 Å². The zero-order chi connectivity index (χ0) is 25.1. The summed E-state index contributed by atoms with van der Waals surface area (Å²) in [6, 6.07) is 38.3. The third-order valence-electron chi connectivity index (χ3n) is 7.11. The van der Waals surface area contributed by atoms with Crippen LogP contribution in [0.25, 0.3) is 75.4 Å². The first kappa shape index (κ1) is 21.7. The quantitative estimate of drug-likeness (QED) is 0.229. The molecule has 0 saturated carbocycles. The SMILES string of the molecule is c1csc(-c2c(-c3cc4ccccc4s3)ccc(-c3cc4ccccc4o3)c2-c2coc3ccccc23)c1. The van der Waals surface area contributed by atoms with E-state index in [2.05, 4.69) is 84.2 Å². The van der Waals surface area contributed by atoms with E-state index >= 15 is 0 Å². The van der Waals surface area contributed by atoms with Gasteiger partial charge in [-0.1, -0.05) is 66.7 Å². The number of benzene rings is 4. The molecule has 0 radical (unpaired) electrons. The number of hydrogen-bond donors (Lipinski definition) is 0.